The van der Waals surface area contributed by atoms with Gasteiger partial charge in [-0.25, -0.2) is 0 Å². The first-order valence-electron chi connectivity index (χ1n) is 7.06. The number of amides is 1. The standard InChI is InChI=1S/C15H25N3O2/c1-4-9-18(5-2)10-8-17-15(19)13-7-6-12(16)11-14(13)20-3/h6-7,11H,4-5,8-10,16H2,1-3H3,(H,17,19). The van der Waals surface area contributed by atoms with Gasteiger partial charge in [-0.15, -0.1) is 0 Å². The van der Waals surface area contributed by atoms with Crippen LogP contribution in [0.4, 0.5) is 5.69 Å². The van der Waals surface area contributed by atoms with Gasteiger partial charge in [-0.3, -0.25) is 4.79 Å². The number of hydrogen-bond donors (Lipinski definition) is 2. The molecule has 0 spiro atoms. The van der Waals surface area contributed by atoms with Crippen LogP contribution in [0.3, 0.4) is 0 Å². The summed E-state index contributed by atoms with van der Waals surface area (Å²) in [6.07, 6.45) is 1.12. The molecule has 0 saturated carbocycles. The molecular formula is C15H25N3O2. The molecule has 1 aromatic carbocycles. The minimum atomic E-state index is -0.130. The molecule has 0 atom stereocenters. The Labute approximate surface area is 121 Å². The highest BCUT2D eigenvalue weighted by Crippen LogP contribution is 2.21. The largest absolute Gasteiger partial charge is 0.496 e. The summed E-state index contributed by atoms with van der Waals surface area (Å²) in [5.74, 6) is 0.373. The molecule has 0 bridgehead atoms. The maximum absolute atomic E-state index is 12.1. The van der Waals surface area contributed by atoms with Crippen molar-refractivity contribution in [2.24, 2.45) is 0 Å². The molecule has 0 fully saturated rings. The lowest BCUT2D eigenvalue weighted by atomic mass is 10.1. The van der Waals surface area contributed by atoms with Crippen LogP contribution >= 0.6 is 0 Å². The van der Waals surface area contributed by atoms with E-state index in [0.29, 0.717) is 23.5 Å². The number of carbonyl (C=O) groups is 1. The molecule has 20 heavy (non-hydrogen) atoms. The molecule has 0 aliphatic carbocycles. The number of ether oxygens (including phenoxy) is 1. The first kappa shape index (κ1) is 16.3. The normalized spacial score (nSPS) is 10.6. The number of carbonyl (C=O) groups excluding carboxylic acids is 1. The highest BCUT2D eigenvalue weighted by atomic mass is 16.5. The third-order valence-electron chi connectivity index (χ3n) is 3.17. The Morgan fingerprint density at radius 3 is 2.70 bits per heavy atom. The molecule has 0 unspecified atom stereocenters. The fourth-order valence-corrected chi connectivity index (χ4v) is 2.06. The lowest BCUT2D eigenvalue weighted by Crippen LogP contribution is -2.35. The highest BCUT2D eigenvalue weighted by molar-refractivity contribution is 5.97. The lowest BCUT2D eigenvalue weighted by Gasteiger charge is -2.19. The monoisotopic (exact) mass is 279 g/mol. The molecule has 5 heteroatoms. The van der Waals surface area contributed by atoms with Gasteiger partial charge in [-0.2, -0.15) is 0 Å². The number of hydrogen-bond acceptors (Lipinski definition) is 4. The molecule has 0 heterocycles. The number of nitrogen functional groups attached to an aromatic ring is 1. The Morgan fingerprint density at radius 1 is 1.35 bits per heavy atom. The van der Waals surface area contributed by atoms with Crippen molar-refractivity contribution in [1.29, 1.82) is 0 Å². The number of anilines is 1. The minimum absolute atomic E-state index is 0.130. The number of rotatable bonds is 8. The number of likely N-dealkylation sites (N-methyl/N-ethyl adjacent to an activating group) is 1. The van der Waals surface area contributed by atoms with E-state index in [2.05, 4.69) is 24.1 Å². The Balaban J connectivity index is 2.54. The van der Waals surface area contributed by atoms with Crippen LogP contribution in [0.25, 0.3) is 0 Å². The summed E-state index contributed by atoms with van der Waals surface area (Å²) < 4.78 is 5.18. The van der Waals surface area contributed by atoms with Crippen LogP contribution in [0.5, 0.6) is 5.75 Å². The smallest absolute Gasteiger partial charge is 0.255 e. The van der Waals surface area contributed by atoms with Crippen molar-refractivity contribution in [2.45, 2.75) is 20.3 Å². The summed E-state index contributed by atoms with van der Waals surface area (Å²) in [4.78, 5) is 14.4. The van der Waals surface area contributed by atoms with Crippen LogP contribution in [0, 0.1) is 0 Å². The summed E-state index contributed by atoms with van der Waals surface area (Å²) in [6.45, 7) is 7.81. The summed E-state index contributed by atoms with van der Waals surface area (Å²) in [7, 11) is 1.53. The van der Waals surface area contributed by atoms with Crippen LogP contribution in [0.15, 0.2) is 18.2 Å². The third kappa shape index (κ3) is 4.74. The summed E-state index contributed by atoms with van der Waals surface area (Å²) in [5.41, 5.74) is 6.77. The molecule has 1 amide bonds. The van der Waals surface area contributed by atoms with Crippen LogP contribution in [-0.4, -0.2) is 44.1 Å². The minimum Gasteiger partial charge on any atom is -0.496 e. The molecule has 5 nitrogen and oxygen atoms in total. The van der Waals surface area contributed by atoms with E-state index in [9.17, 15) is 4.79 Å². The predicted octanol–water partition coefficient (Wildman–Crippen LogP) is 1.74. The molecule has 0 aliphatic rings. The second-order valence-corrected chi connectivity index (χ2v) is 4.65. The zero-order valence-electron chi connectivity index (χ0n) is 12.6. The van der Waals surface area contributed by atoms with Gasteiger partial charge < -0.3 is 20.7 Å². The fraction of sp³-hybridized carbons (Fsp3) is 0.533. The van der Waals surface area contributed by atoms with Gasteiger partial charge in [-0.1, -0.05) is 13.8 Å². The summed E-state index contributed by atoms with van der Waals surface area (Å²) in [5, 5.41) is 2.91. The van der Waals surface area contributed by atoms with E-state index in [1.807, 2.05) is 0 Å². The number of methoxy groups -OCH3 is 1. The van der Waals surface area contributed by atoms with Crippen molar-refractivity contribution < 1.29 is 9.53 Å². The molecule has 3 N–H and O–H groups in total. The van der Waals surface area contributed by atoms with Gasteiger partial charge >= 0.3 is 0 Å². The van der Waals surface area contributed by atoms with Gasteiger partial charge in [0, 0.05) is 24.8 Å². The van der Waals surface area contributed by atoms with Crippen molar-refractivity contribution in [1.82, 2.24) is 10.2 Å². The Kier molecular flexibility index (Phi) is 6.87. The highest BCUT2D eigenvalue weighted by Gasteiger charge is 2.12. The van der Waals surface area contributed by atoms with Gasteiger partial charge in [0.2, 0.25) is 0 Å². The van der Waals surface area contributed by atoms with E-state index in [1.165, 1.54) is 7.11 Å². The molecule has 0 saturated heterocycles. The van der Waals surface area contributed by atoms with E-state index in [1.54, 1.807) is 18.2 Å². The molecule has 0 aliphatic heterocycles. The van der Waals surface area contributed by atoms with E-state index in [4.69, 9.17) is 10.5 Å². The molecule has 0 aromatic heterocycles. The van der Waals surface area contributed by atoms with E-state index < -0.39 is 0 Å². The maximum Gasteiger partial charge on any atom is 0.255 e. The summed E-state index contributed by atoms with van der Waals surface area (Å²) in [6, 6.07) is 5.05. The zero-order chi connectivity index (χ0) is 15.0. The first-order chi connectivity index (χ1) is 9.62. The molecule has 112 valence electrons. The average molecular weight is 279 g/mol. The Bertz CT molecular complexity index is 435. The number of nitrogens with one attached hydrogen (secondary N) is 1. The van der Waals surface area contributed by atoms with Crippen molar-refractivity contribution in [3.05, 3.63) is 23.8 Å². The second kappa shape index (κ2) is 8.43. The third-order valence-corrected chi connectivity index (χ3v) is 3.17. The Hall–Kier alpha value is -1.75. The zero-order valence-corrected chi connectivity index (χ0v) is 12.6. The second-order valence-electron chi connectivity index (χ2n) is 4.65. The lowest BCUT2D eigenvalue weighted by molar-refractivity contribution is 0.0945. The molecule has 1 rings (SSSR count). The molecule has 1 aromatic rings. The van der Waals surface area contributed by atoms with Gasteiger partial charge in [0.1, 0.15) is 5.75 Å². The van der Waals surface area contributed by atoms with Crippen molar-refractivity contribution in [2.75, 3.05) is 39.0 Å². The quantitative estimate of drug-likeness (QED) is 0.711. The van der Waals surface area contributed by atoms with Crippen LogP contribution in [0.1, 0.15) is 30.6 Å². The van der Waals surface area contributed by atoms with Crippen LogP contribution < -0.4 is 15.8 Å². The molecule has 0 radical (unpaired) electrons. The van der Waals surface area contributed by atoms with Gasteiger partial charge in [0.25, 0.3) is 5.91 Å². The predicted molar refractivity (Wildman–Crippen MR) is 82.1 cm³/mol. The maximum atomic E-state index is 12.1. The van der Waals surface area contributed by atoms with Crippen molar-refractivity contribution in [3.8, 4) is 5.75 Å². The first-order valence-corrected chi connectivity index (χ1v) is 7.06. The fourth-order valence-electron chi connectivity index (χ4n) is 2.06. The SMILES string of the molecule is CCCN(CC)CCNC(=O)c1ccc(N)cc1OC. The van der Waals surface area contributed by atoms with Crippen LogP contribution in [0.2, 0.25) is 0 Å². The number of benzene rings is 1. The van der Waals surface area contributed by atoms with E-state index >= 15 is 0 Å². The van der Waals surface area contributed by atoms with E-state index in [-0.39, 0.29) is 5.91 Å². The molecular weight excluding hydrogens is 254 g/mol. The van der Waals surface area contributed by atoms with Gasteiger partial charge in [0.15, 0.2) is 0 Å². The van der Waals surface area contributed by atoms with Crippen molar-refractivity contribution in [3.63, 3.8) is 0 Å². The average Bonchev–Trinajstić information content (AvgIpc) is 2.45. The Morgan fingerprint density at radius 2 is 2.10 bits per heavy atom. The summed E-state index contributed by atoms with van der Waals surface area (Å²) >= 11 is 0. The van der Waals surface area contributed by atoms with Gasteiger partial charge in [0.05, 0.1) is 12.7 Å². The number of nitrogens with two attached hydrogens (primary N) is 1. The van der Waals surface area contributed by atoms with Gasteiger partial charge in [-0.05, 0) is 31.6 Å². The van der Waals surface area contributed by atoms with Crippen LogP contribution in [-0.2, 0) is 0 Å². The topological polar surface area (TPSA) is 67.6 Å². The number of nitrogens with zero attached hydrogens (tertiary/aromatic N) is 1. The van der Waals surface area contributed by atoms with E-state index in [0.717, 1.165) is 26.1 Å². The van der Waals surface area contributed by atoms with Crippen molar-refractivity contribution >= 4 is 11.6 Å².